The molecule has 0 N–H and O–H groups in total. The Morgan fingerprint density at radius 1 is 1.35 bits per heavy atom. The van der Waals surface area contributed by atoms with E-state index in [0.717, 1.165) is 21.1 Å². The van der Waals surface area contributed by atoms with Gasteiger partial charge in [0.1, 0.15) is 6.07 Å². The van der Waals surface area contributed by atoms with Gasteiger partial charge in [-0.25, -0.2) is 4.98 Å². The first-order valence-electron chi connectivity index (χ1n) is 8.13. The molecule has 0 spiro atoms. The minimum Gasteiger partial charge on any atom is -0.492 e. The maximum absolute atomic E-state index is 9.69. The maximum atomic E-state index is 9.69. The Hall–Kier alpha value is -2.78. The predicted octanol–water partition coefficient (Wildman–Crippen LogP) is 4.81. The number of rotatable bonds is 5. The number of hydrogen-bond acceptors (Lipinski definition) is 4. The topological polar surface area (TPSA) is 60.1 Å². The van der Waals surface area contributed by atoms with Gasteiger partial charge in [0.05, 0.1) is 34.8 Å². The van der Waals surface area contributed by atoms with Gasteiger partial charge in [0.15, 0.2) is 17.3 Å². The maximum Gasteiger partial charge on any atom is 0.174 e. The SMILES string of the molecule is CCOc1cc(/C=C(/C#N)c2nc3ccccc3n2C)cc(Br)c1OC. The highest BCUT2D eigenvalue weighted by Gasteiger charge is 2.14. The predicted molar refractivity (Wildman–Crippen MR) is 106 cm³/mol. The molecule has 132 valence electrons. The molecule has 0 radical (unpaired) electrons. The van der Waals surface area contributed by atoms with Gasteiger partial charge in [-0.15, -0.1) is 0 Å². The van der Waals surface area contributed by atoms with Crippen molar-refractivity contribution in [1.82, 2.24) is 9.55 Å². The monoisotopic (exact) mass is 411 g/mol. The van der Waals surface area contributed by atoms with Crippen LogP contribution >= 0.6 is 15.9 Å². The lowest BCUT2D eigenvalue weighted by Crippen LogP contribution is -1.98. The fourth-order valence-electron chi connectivity index (χ4n) is 2.83. The molecule has 0 bridgehead atoms. The number of aryl methyl sites for hydroxylation is 1. The number of hydrogen-bond donors (Lipinski definition) is 0. The second-order valence-corrected chi connectivity index (χ2v) is 6.47. The van der Waals surface area contributed by atoms with Crippen LogP contribution in [0.3, 0.4) is 0 Å². The number of para-hydroxylation sites is 2. The molecule has 3 aromatic rings. The first-order chi connectivity index (χ1) is 12.6. The van der Waals surface area contributed by atoms with Crippen molar-refractivity contribution < 1.29 is 9.47 Å². The second kappa shape index (κ2) is 7.63. The fraction of sp³-hybridized carbons (Fsp3) is 0.200. The number of benzene rings is 2. The number of aromatic nitrogens is 2. The Morgan fingerprint density at radius 2 is 2.12 bits per heavy atom. The quantitative estimate of drug-likeness (QED) is 0.565. The van der Waals surface area contributed by atoms with Crippen LogP contribution in [0.2, 0.25) is 0 Å². The lowest BCUT2D eigenvalue weighted by atomic mass is 10.1. The van der Waals surface area contributed by atoms with Crippen molar-refractivity contribution in [3.05, 3.63) is 52.3 Å². The smallest absolute Gasteiger partial charge is 0.174 e. The molecule has 1 heterocycles. The number of ether oxygens (including phenoxy) is 2. The summed E-state index contributed by atoms with van der Waals surface area (Å²) in [4.78, 5) is 4.60. The van der Waals surface area contributed by atoms with Crippen molar-refractivity contribution in [3.8, 4) is 17.6 Å². The van der Waals surface area contributed by atoms with Crippen LogP contribution in [0, 0.1) is 11.3 Å². The van der Waals surface area contributed by atoms with Crippen LogP contribution in [0.5, 0.6) is 11.5 Å². The molecule has 0 aliphatic carbocycles. The summed E-state index contributed by atoms with van der Waals surface area (Å²) in [5.74, 6) is 1.88. The van der Waals surface area contributed by atoms with Crippen LogP contribution in [-0.2, 0) is 7.05 Å². The minimum atomic E-state index is 0.475. The number of methoxy groups -OCH3 is 1. The molecule has 0 aliphatic heterocycles. The average Bonchev–Trinajstić information content (AvgIpc) is 2.97. The molecule has 3 rings (SSSR count). The Labute approximate surface area is 160 Å². The molecule has 1 aromatic heterocycles. The van der Waals surface area contributed by atoms with E-state index >= 15 is 0 Å². The summed E-state index contributed by atoms with van der Waals surface area (Å²) >= 11 is 3.50. The third-order valence-electron chi connectivity index (χ3n) is 4.00. The Morgan fingerprint density at radius 3 is 2.77 bits per heavy atom. The zero-order valence-corrected chi connectivity index (χ0v) is 16.4. The highest BCUT2D eigenvalue weighted by Crippen LogP contribution is 2.37. The first kappa shape index (κ1) is 18.0. The van der Waals surface area contributed by atoms with E-state index in [-0.39, 0.29) is 0 Å². The zero-order valence-electron chi connectivity index (χ0n) is 14.8. The van der Waals surface area contributed by atoms with Gasteiger partial charge in [0, 0.05) is 7.05 Å². The van der Waals surface area contributed by atoms with Gasteiger partial charge >= 0.3 is 0 Å². The van der Waals surface area contributed by atoms with E-state index in [9.17, 15) is 5.26 Å². The lowest BCUT2D eigenvalue weighted by Gasteiger charge is -2.12. The Balaban J connectivity index is 2.12. The van der Waals surface area contributed by atoms with Crippen LogP contribution in [-0.4, -0.2) is 23.3 Å². The molecule has 5 nitrogen and oxygen atoms in total. The summed E-state index contributed by atoms with van der Waals surface area (Å²) in [5, 5.41) is 9.69. The second-order valence-electron chi connectivity index (χ2n) is 5.62. The minimum absolute atomic E-state index is 0.475. The molecule has 0 fully saturated rings. The first-order valence-corrected chi connectivity index (χ1v) is 8.92. The molecular weight excluding hydrogens is 394 g/mol. The third kappa shape index (κ3) is 3.31. The normalized spacial score (nSPS) is 11.4. The zero-order chi connectivity index (χ0) is 18.7. The largest absolute Gasteiger partial charge is 0.492 e. The van der Waals surface area contributed by atoms with Crippen molar-refractivity contribution in [1.29, 1.82) is 5.26 Å². The standard InChI is InChI=1S/C20H18BrN3O2/c1-4-26-18-11-13(10-15(21)19(18)25-3)9-14(12-22)20-23-16-7-5-6-8-17(16)24(20)2/h5-11H,4H2,1-3H3/b14-9-. The third-order valence-corrected chi connectivity index (χ3v) is 4.58. The summed E-state index contributed by atoms with van der Waals surface area (Å²) in [6.07, 6.45) is 1.80. The van der Waals surface area contributed by atoms with Crippen molar-refractivity contribution in [2.45, 2.75) is 6.92 Å². The van der Waals surface area contributed by atoms with Gasteiger partial charge in [-0.2, -0.15) is 5.26 Å². The van der Waals surface area contributed by atoms with Crippen molar-refractivity contribution in [2.75, 3.05) is 13.7 Å². The van der Waals surface area contributed by atoms with Crippen molar-refractivity contribution in [2.24, 2.45) is 7.05 Å². The Bertz CT molecular complexity index is 1030. The molecule has 0 aliphatic rings. The fourth-order valence-corrected chi connectivity index (χ4v) is 3.45. The van der Waals surface area contributed by atoms with Gasteiger partial charge in [0.25, 0.3) is 0 Å². The van der Waals surface area contributed by atoms with Crippen molar-refractivity contribution in [3.63, 3.8) is 0 Å². The average molecular weight is 412 g/mol. The summed E-state index contributed by atoms with van der Waals surface area (Å²) in [6, 6.07) is 13.8. The number of halogens is 1. The molecule has 0 saturated carbocycles. The van der Waals surface area contributed by atoms with E-state index in [1.165, 1.54) is 0 Å². The Kier molecular flexibility index (Phi) is 5.29. The summed E-state index contributed by atoms with van der Waals surface area (Å²) in [5.41, 5.74) is 3.14. The van der Waals surface area contributed by atoms with Gasteiger partial charge in [-0.05, 0) is 58.8 Å². The summed E-state index contributed by atoms with van der Waals surface area (Å²) in [6.45, 7) is 2.43. The van der Waals surface area contributed by atoms with E-state index in [2.05, 4.69) is 27.0 Å². The van der Waals surface area contributed by atoms with E-state index < -0.39 is 0 Å². The molecule has 0 amide bonds. The number of fused-ring (bicyclic) bond motifs is 1. The van der Waals surface area contributed by atoms with E-state index in [1.54, 1.807) is 13.2 Å². The van der Waals surface area contributed by atoms with Gasteiger partial charge in [-0.1, -0.05) is 12.1 Å². The molecule has 6 heteroatoms. The van der Waals surface area contributed by atoms with Crippen LogP contribution in [0.4, 0.5) is 0 Å². The van der Waals surface area contributed by atoms with Gasteiger partial charge in [-0.3, -0.25) is 0 Å². The van der Waals surface area contributed by atoms with Crippen molar-refractivity contribution >= 4 is 38.6 Å². The summed E-state index contributed by atoms with van der Waals surface area (Å²) < 4.78 is 13.7. The van der Waals surface area contributed by atoms with E-state index in [0.29, 0.717) is 29.5 Å². The molecule has 0 saturated heterocycles. The lowest BCUT2D eigenvalue weighted by molar-refractivity contribution is 0.310. The highest BCUT2D eigenvalue weighted by atomic mass is 79.9. The molecule has 0 unspecified atom stereocenters. The summed E-state index contributed by atoms with van der Waals surface area (Å²) in [7, 11) is 3.50. The van der Waals surface area contributed by atoms with E-state index in [1.807, 2.05) is 54.9 Å². The van der Waals surface area contributed by atoms with Crippen LogP contribution in [0.15, 0.2) is 40.9 Å². The molecule has 0 atom stereocenters. The van der Waals surface area contributed by atoms with Gasteiger partial charge < -0.3 is 14.0 Å². The van der Waals surface area contributed by atoms with Gasteiger partial charge in [0.2, 0.25) is 0 Å². The van der Waals surface area contributed by atoms with Crippen LogP contribution in [0.25, 0.3) is 22.7 Å². The van der Waals surface area contributed by atoms with Crippen LogP contribution in [0.1, 0.15) is 18.3 Å². The number of imidazole rings is 1. The number of nitriles is 1. The molecule has 26 heavy (non-hydrogen) atoms. The number of nitrogens with zero attached hydrogens (tertiary/aromatic N) is 3. The number of allylic oxidation sites excluding steroid dienone is 1. The highest BCUT2D eigenvalue weighted by molar-refractivity contribution is 9.10. The van der Waals surface area contributed by atoms with Crippen LogP contribution < -0.4 is 9.47 Å². The molecule has 2 aromatic carbocycles. The van der Waals surface area contributed by atoms with E-state index in [4.69, 9.17) is 9.47 Å². The molecular formula is C20H18BrN3O2.